The Morgan fingerprint density at radius 1 is 1.04 bits per heavy atom. The minimum atomic E-state index is -3.58. The summed E-state index contributed by atoms with van der Waals surface area (Å²) in [5.41, 5.74) is 0.570. The topological polar surface area (TPSA) is 69.7 Å². The second kappa shape index (κ2) is 8.61. The second-order valence-electron chi connectivity index (χ2n) is 7.07. The van der Waals surface area contributed by atoms with Crippen molar-refractivity contribution in [2.24, 2.45) is 0 Å². The highest BCUT2D eigenvalue weighted by molar-refractivity contribution is 7.89. The highest BCUT2D eigenvalue weighted by Gasteiger charge is 2.38. The third-order valence-electron chi connectivity index (χ3n) is 4.75. The van der Waals surface area contributed by atoms with Gasteiger partial charge in [-0.3, -0.25) is 9.69 Å². The number of hydrogen-bond acceptors (Lipinski definition) is 4. The van der Waals surface area contributed by atoms with Gasteiger partial charge in [-0.25, -0.2) is 8.42 Å². The van der Waals surface area contributed by atoms with Crippen LogP contribution in [-0.4, -0.2) is 55.2 Å². The summed E-state index contributed by atoms with van der Waals surface area (Å²) >= 11 is 6.08. The molecule has 2 aromatic carbocycles. The molecule has 2 unspecified atom stereocenters. The maximum Gasteiger partial charge on any atom is 0.243 e. The Morgan fingerprint density at radius 2 is 1.61 bits per heavy atom. The van der Waals surface area contributed by atoms with Crippen LogP contribution in [0, 0.1) is 0 Å². The van der Waals surface area contributed by atoms with Crippen molar-refractivity contribution in [2.75, 3.05) is 25.0 Å². The maximum atomic E-state index is 13.0. The van der Waals surface area contributed by atoms with Gasteiger partial charge in [0.05, 0.1) is 22.2 Å². The Kier molecular flexibility index (Phi) is 6.40. The van der Waals surface area contributed by atoms with Crippen LogP contribution >= 0.6 is 11.6 Å². The minimum absolute atomic E-state index is 0.174. The van der Waals surface area contributed by atoms with E-state index in [-0.39, 0.29) is 24.5 Å². The first-order chi connectivity index (χ1) is 13.3. The molecule has 0 bridgehead atoms. The molecule has 0 saturated carbocycles. The van der Waals surface area contributed by atoms with Gasteiger partial charge in [-0.2, -0.15) is 4.31 Å². The lowest BCUT2D eigenvalue weighted by molar-refractivity contribution is -0.118. The molecule has 0 aliphatic carbocycles. The molecule has 8 heteroatoms. The molecule has 2 aromatic rings. The number of nitrogens with zero attached hydrogens (tertiary/aromatic N) is 2. The lowest BCUT2D eigenvalue weighted by atomic mass is 10.1. The molecule has 1 amide bonds. The Labute approximate surface area is 171 Å². The van der Waals surface area contributed by atoms with E-state index in [1.165, 1.54) is 0 Å². The molecule has 1 fully saturated rings. The van der Waals surface area contributed by atoms with E-state index in [0.717, 1.165) is 0 Å². The van der Waals surface area contributed by atoms with Crippen molar-refractivity contribution < 1.29 is 13.2 Å². The van der Waals surface area contributed by atoms with Crippen LogP contribution in [0.15, 0.2) is 59.5 Å². The standard InChI is InChI=1S/C20H24ClN3O3S/c1-15-12-23(14-20(25)22-19-11-7-6-10-18(19)21)13-16(2)24(15)28(26,27)17-8-4-3-5-9-17/h3-11,15-16H,12-14H2,1-2H3,(H,22,25). The average molecular weight is 422 g/mol. The van der Waals surface area contributed by atoms with Crippen molar-refractivity contribution in [1.29, 1.82) is 0 Å². The number of amides is 1. The maximum absolute atomic E-state index is 13.0. The van der Waals surface area contributed by atoms with Crippen LogP contribution in [0.5, 0.6) is 0 Å². The number of sulfonamides is 1. The van der Waals surface area contributed by atoms with E-state index < -0.39 is 10.0 Å². The third-order valence-corrected chi connectivity index (χ3v) is 7.22. The predicted octanol–water partition coefficient (Wildman–Crippen LogP) is 3.06. The van der Waals surface area contributed by atoms with Gasteiger partial charge in [0.15, 0.2) is 0 Å². The summed E-state index contributed by atoms with van der Waals surface area (Å²) in [6.07, 6.45) is 0. The molecule has 6 nitrogen and oxygen atoms in total. The van der Waals surface area contributed by atoms with Gasteiger partial charge in [0.2, 0.25) is 15.9 Å². The molecule has 2 atom stereocenters. The molecule has 1 N–H and O–H groups in total. The van der Waals surface area contributed by atoms with Gasteiger partial charge in [0, 0.05) is 25.2 Å². The van der Waals surface area contributed by atoms with Crippen LogP contribution in [0.4, 0.5) is 5.69 Å². The normalized spacial score (nSPS) is 21.4. The van der Waals surface area contributed by atoms with Crippen molar-refractivity contribution in [3.63, 3.8) is 0 Å². The van der Waals surface area contributed by atoms with E-state index in [4.69, 9.17) is 11.6 Å². The van der Waals surface area contributed by atoms with E-state index >= 15 is 0 Å². The summed E-state index contributed by atoms with van der Waals surface area (Å²) in [4.78, 5) is 14.7. The van der Waals surface area contributed by atoms with Gasteiger partial charge in [-0.1, -0.05) is 41.9 Å². The highest BCUT2D eigenvalue weighted by Crippen LogP contribution is 2.25. The second-order valence-corrected chi connectivity index (χ2v) is 9.32. The zero-order chi connectivity index (χ0) is 20.3. The number of piperazine rings is 1. The third kappa shape index (κ3) is 4.55. The van der Waals surface area contributed by atoms with Gasteiger partial charge in [0.25, 0.3) is 0 Å². The van der Waals surface area contributed by atoms with E-state index in [0.29, 0.717) is 28.7 Å². The fourth-order valence-electron chi connectivity index (χ4n) is 3.69. The Hall–Kier alpha value is -1.93. The van der Waals surface area contributed by atoms with Crippen LogP contribution in [0.25, 0.3) is 0 Å². The van der Waals surface area contributed by atoms with Gasteiger partial charge in [-0.15, -0.1) is 0 Å². The number of carbonyl (C=O) groups is 1. The first kappa shape index (κ1) is 20.8. The number of hydrogen-bond donors (Lipinski definition) is 1. The first-order valence-electron chi connectivity index (χ1n) is 9.14. The molecule has 3 rings (SSSR count). The van der Waals surface area contributed by atoms with Gasteiger partial charge in [-0.05, 0) is 38.1 Å². The van der Waals surface area contributed by atoms with Crippen molar-refractivity contribution >= 4 is 33.2 Å². The van der Waals surface area contributed by atoms with Gasteiger partial charge >= 0.3 is 0 Å². The fourth-order valence-corrected chi connectivity index (χ4v) is 5.70. The summed E-state index contributed by atoms with van der Waals surface area (Å²) in [7, 11) is -3.58. The number of halogens is 1. The number of para-hydroxylation sites is 1. The summed E-state index contributed by atoms with van der Waals surface area (Å²) < 4.78 is 27.6. The molecule has 28 heavy (non-hydrogen) atoms. The molecular weight excluding hydrogens is 398 g/mol. The monoisotopic (exact) mass is 421 g/mol. The average Bonchev–Trinajstić information content (AvgIpc) is 2.63. The van der Waals surface area contributed by atoms with Gasteiger partial charge < -0.3 is 5.32 Å². The fraction of sp³-hybridized carbons (Fsp3) is 0.350. The smallest absolute Gasteiger partial charge is 0.243 e. The quantitative estimate of drug-likeness (QED) is 0.805. The van der Waals surface area contributed by atoms with E-state index in [2.05, 4.69) is 5.32 Å². The Balaban J connectivity index is 1.66. The molecule has 0 aromatic heterocycles. The van der Waals surface area contributed by atoms with Crippen LogP contribution in [0.3, 0.4) is 0 Å². The minimum Gasteiger partial charge on any atom is -0.324 e. The summed E-state index contributed by atoms with van der Waals surface area (Å²) in [6.45, 7) is 4.88. The van der Waals surface area contributed by atoms with Crippen LogP contribution < -0.4 is 5.32 Å². The zero-order valence-corrected chi connectivity index (χ0v) is 17.4. The molecule has 1 aliphatic heterocycles. The molecule has 1 heterocycles. The summed E-state index contributed by atoms with van der Waals surface area (Å²) in [5.74, 6) is -0.174. The van der Waals surface area contributed by atoms with E-state index in [1.807, 2.05) is 18.7 Å². The number of carbonyl (C=O) groups excluding carboxylic acids is 1. The van der Waals surface area contributed by atoms with Gasteiger partial charge in [0.1, 0.15) is 0 Å². The van der Waals surface area contributed by atoms with E-state index in [9.17, 15) is 13.2 Å². The Bertz CT molecular complexity index is 925. The van der Waals surface area contributed by atoms with Crippen LogP contribution in [0.2, 0.25) is 5.02 Å². The van der Waals surface area contributed by atoms with E-state index in [1.54, 1.807) is 58.9 Å². The van der Waals surface area contributed by atoms with Crippen LogP contribution in [0.1, 0.15) is 13.8 Å². The Morgan fingerprint density at radius 3 is 2.21 bits per heavy atom. The SMILES string of the molecule is CC1CN(CC(=O)Nc2ccccc2Cl)CC(C)N1S(=O)(=O)c1ccccc1. The molecule has 1 saturated heterocycles. The molecule has 150 valence electrons. The van der Waals surface area contributed by atoms with Crippen molar-refractivity contribution in [3.05, 3.63) is 59.6 Å². The first-order valence-corrected chi connectivity index (χ1v) is 11.0. The zero-order valence-electron chi connectivity index (χ0n) is 15.9. The van der Waals surface area contributed by atoms with Crippen molar-refractivity contribution in [3.8, 4) is 0 Å². The lowest BCUT2D eigenvalue weighted by Crippen LogP contribution is -2.59. The van der Waals surface area contributed by atoms with Crippen LogP contribution in [-0.2, 0) is 14.8 Å². The highest BCUT2D eigenvalue weighted by atomic mass is 35.5. The molecule has 0 radical (unpaired) electrons. The molecule has 0 spiro atoms. The predicted molar refractivity (Wildman–Crippen MR) is 111 cm³/mol. The summed E-state index contributed by atoms with van der Waals surface area (Å²) in [6, 6.07) is 15.0. The number of rotatable bonds is 5. The largest absolute Gasteiger partial charge is 0.324 e. The molecular formula is C20H24ClN3O3S. The van der Waals surface area contributed by atoms with Crippen molar-refractivity contribution in [1.82, 2.24) is 9.21 Å². The van der Waals surface area contributed by atoms with Crippen molar-refractivity contribution in [2.45, 2.75) is 30.8 Å². The number of anilines is 1. The molecule has 1 aliphatic rings. The number of nitrogens with one attached hydrogen (secondary N) is 1. The number of benzene rings is 2. The summed E-state index contributed by atoms with van der Waals surface area (Å²) in [5, 5.41) is 3.29. The lowest BCUT2D eigenvalue weighted by Gasteiger charge is -2.43.